The molecule has 0 heterocycles. The molecule has 2 aromatic rings. The predicted octanol–water partition coefficient (Wildman–Crippen LogP) is 5.10. The van der Waals surface area contributed by atoms with Crippen LogP contribution >= 0.6 is 11.8 Å². The first kappa shape index (κ1) is 21.7. The van der Waals surface area contributed by atoms with E-state index in [9.17, 15) is 27.2 Å². The van der Waals surface area contributed by atoms with Gasteiger partial charge in [-0.05, 0) is 31.5 Å². The van der Waals surface area contributed by atoms with Crippen LogP contribution in [0.4, 0.5) is 28.9 Å². The van der Waals surface area contributed by atoms with Gasteiger partial charge in [0.05, 0.1) is 5.25 Å². The molecule has 150 valence electrons. The number of amides is 2. The van der Waals surface area contributed by atoms with Crippen molar-refractivity contribution in [3.8, 4) is 0 Å². The fourth-order valence-electron chi connectivity index (χ4n) is 2.26. The van der Waals surface area contributed by atoms with E-state index < -0.39 is 40.1 Å². The van der Waals surface area contributed by atoms with E-state index in [4.69, 9.17) is 0 Å². The molecule has 4 nitrogen and oxygen atoms in total. The van der Waals surface area contributed by atoms with Crippen LogP contribution in [0, 0.1) is 23.3 Å². The van der Waals surface area contributed by atoms with Gasteiger partial charge in [0, 0.05) is 23.1 Å². The largest absolute Gasteiger partial charge is 0.326 e. The second-order valence-electron chi connectivity index (χ2n) is 5.92. The average molecular weight is 414 g/mol. The Balaban J connectivity index is 2.08. The standard InChI is InChI=1S/C19H18F4N2O2S/c1-3-5-15(26)24-11-6-4-7-12(8-11)28-10(2)19(27)25-18-16(22)13(20)9-14(21)17(18)23/h4,6-10H,3,5H2,1-2H3,(H,24,26)(H,25,27). The van der Waals surface area contributed by atoms with Crippen molar-refractivity contribution in [3.05, 3.63) is 53.6 Å². The first-order valence-corrected chi connectivity index (χ1v) is 9.31. The lowest BCUT2D eigenvalue weighted by Crippen LogP contribution is -2.24. The number of hydrogen-bond acceptors (Lipinski definition) is 3. The molecule has 0 bridgehead atoms. The zero-order valence-electron chi connectivity index (χ0n) is 15.1. The molecule has 1 unspecified atom stereocenters. The summed E-state index contributed by atoms with van der Waals surface area (Å²) >= 11 is 1.05. The van der Waals surface area contributed by atoms with Crippen LogP contribution in [0.15, 0.2) is 35.2 Å². The smallest absolute Gasteiger partial charge is 0.237 e. The monoisotopic (exact) mass is 414 g/mol. The van der Waals surface area contributed by atoms with Crippen LogP contribution in [0.2, 0.25) is 0 Å². The Morgan fingerprint density at radius 1 is 1.04 bits per heavy atom. The lowest BCUT2D eigenvalue weighted by molar-refractivity contribution is -0.116. The van der Waals surface area contributed by atoms with Gasteiger partial charge in [0.2, 0.25) is 11.8 Å². The predicted molar refractivity (Wildman–Crippen MR) is 100 cm³/mol. The molecule has 0 spiro atoms. The van der Waals surface area contributed by atoms with Crippen molar-refractivity contribution in [3.63, 3.8) is 0 Å². The molecule has 0 saturated carbocycles. The maximum Gasteiger partial charge on any atom is 0.237 e. The van der Waals surface area contributed by atoms with E-state index in [-0.39, 0.29) is 12.0 Å². The van der Waals surface area contributed by atoms with Crippen molar-refractivity contribution < 1.29 is 27.2 Å². The van der Waals surface area contributed by atoms with Gasteiger partial charge < -0.3 is 10.6 Å². The van der Waals surface area contributed by atoms with Gasteiger partial charge in [0.1, 0.15) is 5.69 Å². The quantitative estimate of drug-likeness (QED) is 0.377. The van der Waals surface area contributed by atoms with Crippen molar-refractivity contribution in [2.45, 2.75) is 36.8 Å². The topological polar surface area (TPSA) is 58.2 Å². The van der Waals surface area contributed by atoms with Crippen LogP contribution in [0.1, 0.15) is 26.7 Å². The van der Waals surface area contributed by atoms with E-state index in [1.165, 1.54) is 6.92 Å². The van der Waals surface area contributed by atoms with Crippen molar-refractivity contribution in [1.82, 2.24) is 0 Å². The van der Waals surface area contributed by atoms with E-state index >= 15 is 0 Å². The Kier molecular flexibility index (Phi) is 7.45. The molecule has 0 saturated heterocycles. The summed E-state index contributed by atoms with van der Waals surface area (Å²) in [5.74, 6) is -7.55. The Bertz CT molecular complexity index is 866. The molecule has 28 heavy (non-hydrogen) atoms. The van der Waals surface area contributed by atoms with E-state index in [0.717, 1.165) is 11.8 Å². The molecule has 9 heteroatoms. The van der Waals surface area contributed by atoms with Gasteiger partial charge in [-0.15, -0.1) is 11.8 Å². The molecule has 2 amide bonds. The molecular formula is C19H18F4N2O2S. The highest BCUT2D eigenvalue weighted by Gasteiger charge is 2.23. The van der Waals surface area contributed by atoms with Crippen molar-refractivity contribution in [2.75, 3.05) is 10.6 Å². The first-order chi connectivity index (χ1) is 13.2. The summed E-state index contributed by atoms with van der Waals surface area (Å²) in [6.07, 6.45) is 1.07. The fourth-order valence-corrected chi connectivity index (χ4v) is 3.19. The molecule has 0 radical (unpaired) electrons. The number of anilines is 2. The van der Waals surface area contributed by atoms with Gasteiger partial charge in [-0.2, -0.15) is 0 Å². The fraction of sp³-hybridized carbons (Fsp3) is 0.263. The van der Waals surface area contributed by atoms with Gasteiger partial charge in [-0.3, -0.25) is 9.59 Å². The highest BCUT2D eigenvalue weighted by atomic mass is 32.2. The number of carbonyl (C=O) groups excluding carboxylic acids is 2. The van der Waals surface area contributed by atoms with Crippen molar-refractivity contribution in [2.24, 2.45) is 0 Å². The second-order valence-corrected chi connectivity index (χ2v) is 7.33. The summed E-state index contributed by atoms with van der Waals surface area (Å²) in [5.41, 5.74) is -0.629. The summed E-state index contributed by atoms with van der Waals surface area (Å²) in [7, 11) is 0. The van der Waals surface area contributed by atoms with E-state index in [0.29, 0.717) is 23.4 Å². The summed E-state index contributed by atoms with van der Waals surface area (Å²) in [5, 5.41) is 3.76. The normalized spacial score (nSPS) is 11.8. The molecule has 2 aromatic carbocycles. The van der Waals surface area contributed by atoms with Crippen LogP contribution in [-0.2, 0) is 9.59 Å². The number of hydrogen-bond donors (Lipinski definition) is 2. The van der Waals surface area contributed by atoms with Crippen molar-refractivity contribution in [1.29, 1.82) is 0 Å². The highest BCUT2D eigenvalue weighted by molar-refractivity contribution is 8.00. The van der Waals surface area contributed by atoms with Crippen LogP contribution in [0.25, 0.3) is 0 Å². The number of halogens is 4. The molecule has 0 aromatic heterocycles. The molecule has 0 aliphatic carbocycles. The summed E-state index contributed by atoms with van der Waals surface area (Å²) in [6.45, 7) is 3.34. The minimum atomic E-state index is -1.68. The Hall–Kier alpha value is -2.55. The maximum atomic E-state index is 13.7. The van der Waals surface area contributed by atoms with Gasteiger partial charge in [0.15, 0.2) is 23.3 Å². The van der Waals surface area contributed by atoms with Crippen LogP contribution < -0.4 is 10.6 Å². The van der Waals surface area contributed by atoms with Crippen LogP contribution in [0.5, 0.6) is 0 Å². The molecular weight excluding hydrogens is 396 g/mol. The second kappa shape index (κ2) is 9.59. The van der Waals surface area contributed by atoms with Crippen LogP contribution in [0.3, 0.4) is 0 Å². The number of carbonyl (C=O) groups is 2. The number of nitrogens with one attached hydrogen (secondary N) is 2. The van der Waals surface area contributed by atoms with Gasteiger partial charge in [-0.25, -0.2) is 17.6 Å². The third-order valence-electron chi connectivity index (χ3n) is 3.64. The SMILES string of the molecule is CCCC(=O)Nc1cccc(SC(C)C(=O)Nc2c(F)c(F)cc(F)c2F)c1. The minimum absolute atomic E-state index is 0.0663. The summed E-state index contributed by atoms with van der Waals surface area (Å²) in [4.78, 5) is 24.5. The lowest BCUT2D eigenvalue weighted by atomic mass is 10.2. The Morgan fingerprint density at radius 2 is 1.68 bits per heavy atom. The van der Waals surface area contributed by atoms with Gasteiger partial charge >= 0.3 is 0 Å². The Morgan fingerprint density at radius 3 is 2.29 bits per heavy atom. The third-order valence-corrected chi connectivity index (χ3v) is 4.73. The molecule has 0 fully saturated rings. The lowest BCUT2D eigenvalue weighted by Gasteiger charge is -2.14. The van der Waals surface area contributed by atoms with E-state index in [2.05, 4.69) is 5.32 Å². The van der Waals surface area contributed by atoms with Gasteiger partial charge in [-0.1, -0.05) is 13.0 Å². The highest BCUT2D eigenvalue weighted by Crippen LogP contribution is 2.29. The first-order valence-electron chi connectivity index (χ1n) is 8.43. The zero-order chi connectivity index (χ0) is 20.8. The molecule has 2 rings (SSSR count). The number of benzene rings is 2. The third kappa shape index (κ3) is 5.48. The molecule has 2 N–H and O–H groups in total. The zero-order valence-corrected chi connectivity index (χ0v) is 15.9. The summed E-state index contributed by atoms with van der Waals surface area (Å²) in [6, 6.07) is 6.76. The molecule has 0 aliphatic heterocycles. The Labute approximate surface area is 163 Å². The average Bonchev–Trinajstić information content (AvgIpc) is 2.63. The van der Waals surface area contributed by atoms with E-state index in [1.807, 2.05) is 12.2 Å². The maximum absolute atomic E-state index is 13.7. The molecule has 1 atom stereocenters. The summed E-state index contributed by atoms with van der Waals surface area (Å²) < 4.78 is 53.9. The minimum Gasteiger partial charge on any atom is -0.326 e. The van der Waals surface area contributed by atoms with Gasteiger partial charge in [0.25, 0.3) is 0 Å². The van der Waals surface area contributed by atoms with Crippen LogP contribution in [-0.4, -0.2) is 17.1 Å². The molecule has 0 aliphatic rings. The van der Waals surface area contributed by atoms with Crippen molar-refractivity contribution >= 4 is 35.0 Å². The number of thioether (sulfide) groups is 1. The number of rotatable bonds is 7. The van der Waals surface area contributed by atoms with E-state index in [1.54, 1.807) is 24.3 Å².